The van der Waals surface area contributed by atoms with Gasteiger partial charge in [0, 0.05) is 27.9 Å². The number of halogens is 2. The fourth-order valence-electron chi connectivity index (χ4n) is 4.06. The van der Waals surface area contributed by atoms with Gasteiger partial charge in [-0.05, 0) is 89.1 Å². The molecule has 4 aromatic carbocycles. The molecule has 1 aromatic heterocycles. The van der Waals surface area contributed by atoms with Gasteiger partial charge in [0.2, 0.25) is 0 Å². The summed E-state index contributed by atoms with van der Waals surface area (Å²) in [6, 6.07) is 25.7. The highest BCUT2D eigenvalue weighted by molar-refractivity contribution is 9.10. The SMILES string of the molecule is CCOc1cc(/C=N/NC(=O)c2ccc(-c3csc(Nc4ccccc4)n3)cc2)cc(Br)c1OCC(=O)Nc1ccc(F)cc1. The van der Waals surface area contributed by atoms with Gasteiger partial charge in [-0.1, -0.05) is 30.3 Å². The van der Waals surface area contributed by atoms with Gasteiger partial charge in [0.05, 0.1) is 23.0 Å². The first-order chi connectivity index (χ1) is 21.9. The van der Waals surface area contributed by atoms with Crippen molar-refractivity contribution in [1.29, 1.82) is 0 Å². The number of rotatable bonds is 12. The topological polar surface area (TPSA) is 114 Å². The first kappa shape index (κ1) is 31.4. The van der Waals surface area contributed by atoms with Gasteiger partial charge in [0.15, 0.2) is 23.2 Å². The van der Waals surface area contributed by atoms with Crippen molar-refractivity contribution in [2.75, 3.05) is 23.8 Å². The van der Waals surface area contributed by atoms with E-state index >= 15 is 0 Å². The van der Waals surface area contributed by atoms with E-state index < -0.39 is 11.7 Å². The van der Waals surface area contributed by atoms with Gasteiger partial charge in [0.1, 0.15) is 5.82 Å². The van der Waals surface area contributed by atoms with Crippen LogP contribution in [0.5, 0.6) is 11.5 Å². The molecular weight excluding hydrogens is 661 g/mol. The summed E-state index contributed by atoms with van der Waals surface area (Å²) < 4.78 is 25.1. The molecule has 3 N–H and O–H groups in total. The van der Waals surface area contributed by atoms with E-state index in [2.05, 4.69) is 42.1 Å². The lowest BCUT2D eigenvalue weighted by Gasteiger charge is -2.14. The zero-order valence-electron chi connectivity index (χ0n) is 23.9. The molecule has 0 bridgehead atoms. The Labute approximate surface area is 271 Å². The number of amides is 2. The predicted molar refractivity (Wildman–Crippen MR) is 178 cm³/mol. The minimum Gasteiger partial charge on any atom is -0.490 e. The van der Waals surface area contributed by atoms with Crippen LogP contribution < -0.4 is 25.5 Å². The van der Waals surface area contributed by atoms with Crippen LogP contribution in [0.2, 0.25) is 0 Å². The molecule has 12 heteroatoms. The maximum atomic E-state index is 13.1. The standard InChI is InChI=1S/C33H27BrFN5O4S/c1-2-43-29-17-21(16-27(34)31(29)44-19-30(41)37-26-14-12-24(35)13-15-26)18-36-40-32(42)23-10-8-22(9-11-23)28-20-45-33(39-28)38-25-6-4-3-5-7-25/h3-18,20H,2,19H2,1H3,(H,37,41)(H,38,39)(H,40,42)/b36-18+. The summed E-state index contributed by atoms with van der Waals surface area (Å²) in [6.07, 6.45) is 1.47. The Bertz CT molecular complexity index is 1800. The summed E-state index contributed by atoms with van der Waals surface area (Å²) in [6.45, 7) is 1.87. The number of benzene rings is 4. The quantitative estimate of drug-likeness (QED) is 0.0918. The van der Waals surface area contributed by atoms with Crippen molar-refractivity contribution in [2.24, 2.45) is 5.10 Å². The Morgan fingerprint density at radius 2 is 1.73 bits per heavy atom. The molecule has 228 valence electrons. The molecule has 0 spiro atoms. The molecule has 45 heavy (non-hydrogen) atoms. The lowest BCUT2D eigenvalue weighted by Crippen LogP contribution is -2.20. The Balaban J connectivity index is 1.17. The van der Waals surface area contributed by atoms with E-state index in [9.17, 15) is 14.0 Å². The van der Waals surface area contributed by atoms with Crippen molar-refractivity contribution in [3.8, 4) is 22.8 Å². The number of anilines is 3. The molecule has 5 rings (SSSR count). The van der Waals surface area contributed by atoms with E-state index in [1.165, 1.54) is 41.8 Å². The average molecular weight is 689 g/mol. The third-order valence-corrected chi connectivity index (χ3v) is 7.51. The van der Waals surface area contributed by atoms with Crippen LogP contribution in [0.25, 0.3) is 11.3 Å². The minimum atomic E-state index is -0.422. The summed E-state index contributed by atoms with van der Waals surface area (Å²) in [5, 5.41) is 12.7. The van der Waals surface area contributed by atoms with E-state index in [-0.39, 0.29) is 12.5 Å². The summed E-state index contributed by atoms with van der Waals surface area (Å²) in [5.74, 6) is -0.484. The maximum Gasteiger partial charge on any atom is 0.271 e. The number of carbonyl (C=O) groups is 2. The van der Waals surface area contributed by atoms with Gasteiger partial charge in [0.25, 0.3) is 11.8 Å². The lowest BCUT2D eigenvalue weighted by atomic mass is 10.1. The molecule has 0 aliphatic heterocycles. The molecule has 5 aromatic rings. The molecule has 2 amide bonds. The average Bonchev–Trinajstić information content (AvgIpc) is 3.51. The Kier molecular flexibility index (Phi) is 10.5. The number of thiazole rings is 1. The number of nitrogens with zero attached hydrogens (tertiary/aromatic N) is 2. The van der Waals surface area contributed by atoms with Crippen LogP contribution in [0, 0.1) is 5.82 Å². The molecule has 0 aliphatic carbocycles. The molecular formula is C33H27BrFN5O4S. The second-order valence-electron chi connectivity index (χ2n) is 9.41. The first-order valence-corrected chi connectivity index (χ1v) is 15.4. The molecule has 0 saturated heterocycles. The third kappa shape index (κ3) is 8.74. The van der Waals surface area contributed by atoms with Crippen molar-refractivity contribution in [1.82, 2.24) is 10.4 Å². The second kappa shape index (κ2) is 15.1. The van der Waals surface area contributed by atoms with E-state index in [0.717, 1.165) is 22.1 Å². The lowest BCUT2D eigenvalue weighted by molar-refractivity contribution is -0.118. The molecule has 9 nitrogen and oxygen atoms in total. The Morgan fingerprint density at radius 3 is 2.47 bits per heavy atom. The molecule has 0 fully saturated rings. The van der Waals surface area contributed by atoms with E-state index in [1.807, 2.05) is 54.8 Å². The van der Waals surface area contributed by atoms with Crippen LogP contribution >= 0.6 is 27.3 Å². The van der Waals surface area contributed by atoms with Crippen molar-refractivity contribution in [3.05, 3.63) is 118 Å². The number of carbonyl (C=O) groups excluding carboxylic acids is 2. The number of aromatic nitrogens is 1. The van der Waals surface area contributed by atoms with Crippen molar-refractivity contribution < 1.29 is 23.5 Å². The highest BCUT2D eigenvalue weighted by Gasteiger charge is 2.14. The summed E-state index contributed by atoms with van der Waals surface area (Å²) in [7, 11) is 0. The zero-order valence-corrected chi connectivity index (χ0v) is 26.3. The number of hydrogen-bond donors (Lipinski definition) is 3. The van der Waals surface area contributed by atoms with Crippen LogP contribution in [0.4, 0.5) is 20.9 Å². The van der Waals surface area contributed by atoms with Crippen LogP contribution in [0.3, 0.4) is 0 Å². The molecule has 0 saturated carbocycles. The highest BCUT2D eigenvalue weighted by Crippen LogP contribution is 2.36. The Morgan fingerprint density at radius 1 is 0.978 bits per heavy atom. The summed E-state index contributed by atoms with van der Waals surface area (Å²) >= 11 is 4.96. The molecule has 0 atom stereocenters. The monoisotopic (exact) mass is 687 g/mol. The van der Waals surface area contributed by atoms with Gasteiger partial charge >= 0.3 is 0 Å². The van der Waals surface area contributed by atoms with Gasteiger partial charge in [-0.2, -0.15) is 5.10 Å². The fraction of sp³-hybridized carbons (Fsp3) is 0.0909. The minimum absolute atomic E-state index is 0.299. The fourth-order valence-corrected chi connectivity index (χ4v) is 5.38. The molecule has 0 unspecified atom stereocenters. The van der Waals surface area contributed by atoms with Crippen LogP contribution in [-0.2, 0) is 4.79 Å². The number of para-hydroxylation sites is 1. The normalized spacial score (nSPS) is 10.8. The largest absolute Gasteiger partial charge is 0.490 e. The maximum absolute atomic E-state index is 13.1. The number of hydrazone groups is 1. The number of ether oxygens (including phenoxy) is 2. The summed E-state index contributed by atoms with van der Waals surface area (Å²) in [4.78, 5) is 29.7. The number of hydrogen-bond acceptors (Lipinski definition) is 8. The van der Waals surface area contributed by atoms with E-state index in [0.29, 0.717) is 39.4 Å². The van der Waals surface area contributed by atoms with Gasteiger partial charge in [-0.25, -0.2) is 14.8 Å². The van der Waals surface area contributed by atoms with Crippen molar-refractivity contribution in [2.45, 2.75) is 6.92 Å². The molecule has 1 heterocycles. The molecule has 0 aliphatic rings. The van der Waals surface area contributed by atoms with E-state index in [1.54, 1.807) is 24.3 Å². The van der Waals surface area contributed by atoms with Crippen LogP contribution in [0.1, 0.15) is 22.8 Å². The second-order valence-corrected chi connectivity index (χ2v) is 11.1. The smallest absolute Gasteiger partial charge is 0.271 e. The van der Waals surface area contributed by atoms with Crippen LogP contribution in [-0.4, -0.2) is 36.2 Å². The first-order valence-electron chi connectivity index (χ1n) is 13.7. The van der Waals surface area contributed by atoms with E-state index in [4.69, 9.17) is 9.47 Å². The third-order valence-electron chi connectivity index (χ3n) is 6.16. The number of nitrogens with one attached hydrogen (secondary N) is 3. The van der Waals surface area contributed by atoms with Crippen LogP contribution in [0.15, 0.2) is 106 Å². The Hall–Kier alpha value is -5.07. The zero-order chi connectivity index (χ0) is 31.6. The summed E-state index contributed by atoms with van der Waals surface area (Å²) in [5.41, 5.74) is 6.69. The van der Waals surface area contributed by atoms with Gasteiger partial charge in [-0.15, -0.1) is 11.3 Å². The van der Waals surface area contributed by atoms with Gasteiger partial charge in [-0.3, -0.25) is 9.59 Å². The van der Waals surface area contributed by atoms with Crippen molar-refractivity contribution >= 4 is 61.8 Å². The molecule has 0 radical (unpaired) electrons. The van der Waals surface area contributed by atoms with Gasteiger partial charge < -0.3 is 20.1 Å². The highest BCUT2D eigenvalue weighted by atomic mass is 79.9. The van der Waals surface area contributed by atoms with Crippen molar-refractivity contribution in [3.63, 3.8) is 0 Å². The predicted octanol–water partition coefficient (Wildman–Crippen LogP) is 7.64.